The minimum atomic E-state index is -0.0415. The molecule has 1 aliphatic heterocycles. The molecule has 0 fully saturated rings. The van der Waals surface area contributed by atoms with Crippen LogP contribution in [0.1, 0.15) is 21.3 Å². The van der Waals surface area contributed by atoms with Crippen molar-refractivity contribution in [2.45, 2.75) is 19.6 Å². The van der Waals surface area contributed by atoms with Gasteiger partial charge in [-0.3, -0.25) is 4.79 Å². The molecular formula is C11H13N5OS. The predicted molar refractivity (Wildman–Crippen MR) is 67.0 cm³/mol. The van der Waals surface area contributed by atoms with Crippen LogP contribution in [0.3, 0.4) is 0 Å². The van der Waals surface area contributed by atoms with Gasteiger partial charge in [0.05, 0.1) is 6.54 Å². The van der Waals surface area contributed by atoms with Gasteiger partial charge < -0.3 is 15.2 Å². The fraction of sp³-hybridized carbons (Fsp3) is 0.364. The Labute approximate surface area is 108 Å². The number of aromatic nitrogens is 3. The Kier molecular flexibility index (Phi) is 2.85. The zero-order valence-electron chi connectivity index (χ0n) is 9.74. The Bertz CT molecular complexity index is 576. The van der Waals surface area contributed by atoms with Crippen molar-refractivity contribution < 1.29 is 4.79 Å². The third-order valence-corrected chi connectivity index (χ3v) is 3.85. The molecule has 0 saturated carbocycles. The maximum Gasteiger partial charge on any atom is 0.273 e. The second-order valence-corrected chi connectivity index (χ2v) is 5.04. The van der Waals surface area contributed by atoms with Gasteiger partial charge in [0.2, 0.25) is 0 Å². The molecule has 7 heteroatoms. The summed E-state index contributed by atoms with van der Waals surface area (Å²) in [6, 6.07) is 0. The number of carbonyl (C=O) groups is 1. The van der Waals surface area contributed by atoms with Crippen LogP contribution in [0.4, 0.5) is 0 Å². The number of amides is 1. The van der Waals surface area contributed by atoms with E-state index >= 15 is 0 Å². The van der Waals surface area contributed by atoms with Gasteiger partial charge in [-0.2, -0.15) is 0 Å². The van der Waals surface area contributed by atoms with Crippen molar-refractivity contribution in [1.29, 1.82) is 0 Å². The second kappa shape index (κ2) is 4.51. The minimum absolute atomic E-state index is 0.0415. The number of fused-ring (bicyclic) bond motifs is 1. The zero-order valence-corrected chi connectivity index (χ0v) is 10.6. The molecule has 18 heavy (non-hydrogen) atoms. The molecule has 0 aliphatic carbocycles. The molecular weight excluding hydrogens is 250 g/mol. The van der Waals surface area contributed by atoms with E-state index in [1.165, 1.54) is 11.3 Å². The number of hydrogen-bond donors (Lipinski definition) is 1. The van der Waals surface area contributed by atoms with Crippen molar-refractivity contribution in [3.05, 3.63) is 34.3 Å². The number of hydrogen-bond acceptors (Lipinski definition) is 5. The monoisotopic (exact) mass is 263 g/mol. The van der Waals surface area contributed by atoms with E-state index in [1.54, 1.807) is 16.5 Å². The largest absolute Gasteiger partial charge is 0.332 e. The fourth-order valence-corrected chi connectivity index (χ4v) is 2.66. The molecule has 3 rings (SSSR count). The van der Waals surface area contributed by atoms with Gasteiger partial charge in [0.25, 0.3) is 5.91 Å². The Hall–Kier alpha value is -1.73. The van der Waals surface area contributed by atoms with E-state index < -0.39 is 0 Å². The van der Waals surface area contributed by atoms with E-state index in [2.05, 4.69) is 14.5 Å². The molecule has 1 aliphatic rings. The minimum Gasteiger partial charge on any atom is -0.332 e. The van der Waals surface area contributed by atoms with Crippen LogP contribution in [0, 0.1) is 0 Å². The van der Waals surface area contributed by atoms with Crippen LogP contribution in [0.5, 0.6) is 0 Å². The quantitative estimate of drug-likeness (QED) is 0.853. The molecule has 2 aromatic heterocycles. The standard InChI is InChI=1S/C11H13N5OS/c12-5-10-14-8(7-18-10)11(17)16-4-3-15-2-1-13-9(15)6-16/h1-2,7H,3-6,12H2. The van der Waals surface area contributed by atoms with Crippen LogP contribution < -0.4 is 5.73 Å². The first-order chi connectivity index (χ1) is 8.78. The lowest BCUT2D eigenvalue weighted by molar-refractivity contribution is 0.0702. The summed E-state index contributed by atoms with van der Waals surface area (Å²) in [6.45, 7) is 2.40. The first-order valence-corrected chi connectivity index (χ1v) is 6.59. The van der Waals surface area contributed by atoms with Crippen molar-refractivity contribution >= 4 is 17.2 Å². The van der Waals surface area contributed by atoms with Gasteiger partial charge in [0.1, 0.15) is 16.5 Å². The van der Waals surface area contributed by atoms with E-state index in [4.69, 9.17) is 5.73 Å². The highest BCUT2D eigenvalue weighted by Crippen LogP contribution is 2.16. The summed E-state index contributed by atoms with van der Waals surface area (Å²) in [5.41, 5.74) is 5.99. The third-order valence-electron chi connectivity index (χ3n) is 2.98. The van der Waals surface area contributed by atoms with Crippen LogP contribution in [-0.2, 0) is 19.6 Å². The van der Waals surface area contributed by atoms with Crippen molar-refractivity contribution in [2.75, 3.05) is 6.54 Å². The molecule has 6 nitrogen and oxygen atoms in total. The number of imidazole rings is 1. The van der Waals surface area contributed by atoms with E-state index in [-0.39, 0.29) is 5.91 Å². The van der Waals surface area contributed by atoms with Crippen molar-refractivity contribution in [3.8, 4) is 0 Å². The number of rotatable bonds is 2. The fourth-order valence-electron chi connectivity index (χ4n) is 2.01. The molecule has 0 bridgehead atoms. The summed E-state index contributed by atoms with van der Waals surface area (Å²) >= 11 is 1.42. The Morgan fingerprint density at radius 1 is 1.50 bits per heavy atom. The van der Waals surface area contributed by atoms with Crippen LogP contribution in [0.15, 0.2) is 17.8 Å². The van der Waals surface area contributed by atoms with Crippen molar-refractivity contribution in [1.82, 2.24) is 19.4 Å². The smallest absolute Gasteiger partial charge is 0.273 e. The number of nitrogens with zero attached hydrogens (tertiary/aromatic N) is 4. The maximum absolute atomic E-state index is 12.3. The molecule has 0 atom stereocenters. The SMILES string of the molecule is NCc1nc(C(=O)N2CCn3ccnc3C2)cs1. The molecule has 0 radical (unpaired) electrons. The lowest BCUT2D eigenvalue weighted by Gasteiger charge is -2.27. The summed E-state index contributed by atoms with van der Waals surface area (Å²) in [5.74, 6) is 0.879. The van der Waals surface area contributed by atoms with Gasteiger partial charge in [0, 0.05) is 37.4 Å². The number of thiazole rings is 1. The first-order valence-electron chi connectivity index (χ1n) is 5.71. The highest BCUT2D eigenvalue weighted by molar-refractivity contribution is 7.09. The van der Waals surface area contributed by atoms with Gasteiger partial charge >= 0.3 is 0 Å². The van der Waals surface area contributed by atoms with Crippen LogP contribution in [0.2, 0.25) is 0 Å². The van der Waals surface area contributed by atoms with Gasteiger partial charge in [0.15, 0.2) is 0 Å². The normalized spacial score (nSPS) is 14.6. The Morgan fingerprint density at radius 2 is 2.39 bits per heavy atom. The summed E-state index contributed by atoms with van der Waals surface area (Å²) < 4.78 is 2.07. The summed E-state index contributed by atoms with van der Waals surface area (Å²) in [6.07, 6.45) is 3.70. The van der Waals surface area contributed by atoms with Crippen LogP contribution in [-0.4, -0.2) is 31.9 Å². The Balaban J connectivity index is 1.78. The van der Waals surface area contributed by atoms with Gasteiger partial charge in [-0.1, -0.05) is 0 Å². The molecule has 0 aromatic carbocycles. The predicted octanol–water partition coefficient (Wildman–Crippen LogP) is 0.454. The highest BCUT2D eigenvalue weighted by atomic mass is 32.1. The van der Waals surface area contributed by atoms with Crippen molar-refractivity contribution in [2.24, 2.45) is 5.73 Å². The summed E-state index contributed by atoms with van der Waals surface area (Å²) in [4.78, 5) is 22.5. The number of carbonyl (C=O) groups excluding carboxylic acids is 1. The highest BCUT2D eigenvalue weighted by Gasteiger charge is 2.23. The molecule has 0 spiro atoms. The summed E-state index contributed by atoms with van der Waals surface area (Å²) in [7, 11) is 0. The average molecular weight is 263 g/mol. The Morgan fingerprint density at radius 3 is 3.17 bits per heavy atom. The topological polar surface area (TPSA) is 77.0 Å². The molecule has 0 saturated heterocycles. The molecule has 3 heterocycles. The van der Waals surface area contributed by atoms with Crippen LogP contribution >= 0.6 is 11.3 Å². The second-order valence-electron chi connectivity index (χ2n) is 4.09. The number of nitrogens with two attached hydrogens (primary N) is 1. The van der Waals surface area contributed by atoms with Crippen molar-refractivity contribution in [3.63, 3.8) is 0 Å². The van der Waals surface area contributed by atoms with Gasteiger partial charge in [-0.15, -0.1) is 11.3 Å². The van der Waals surface area contributed by atoms with Gasteiger partial charge in [-0.25, -0.2) is 9.97 Å². The third kappa shape index (κ3) is 1.91. The average Bonchev–Trinajstić information content (AvgIpc) is 3.05. The molecule has 2 N–H and O–H groups in total. The van der Waals surface area contributed by atoms with E-state index in [1.807, 2.05) is 6.20 Å². The van der Waals surface area contributed by atoms with Crippen LogP contribution in [0.25, 0.3) is 0 Å². The van der Waals surface area contributed by atoms with E-state index in [0.717, 1.165) is 17.4 Å². The molecule has 2 aromatic rings. The molecule has 0 unspecified atom stereocenters. The van der Waals surface area contributed by atoms with E-state index in [0.29, 0.717) is 25.3 Å². The van der Waals surface area contributed by atoms with E-state index in [9.17, 15) is 4.79 Å². The zero-order chi connectivity index (χ0) is 12.5. The maximum atomic E-state index is 12.3. The lowest BCUT2D eigenvalue weighted by Crippen LogP contribution is -2.38. The lowest BCUT2D eigenvalue weighted by atomic mass is 10.3. The summed E-state index contributed by atoms with van der Waals surface area (Å²) in [5, 5.41) is 2.56. The first kappa shape index (κ1) is 11.4. The van der Waals surface area contributed by atoms with Gasteiger partial charge in [-0.05, 0) is 0 Å². The molecule has 94 valence electrons. The molecule has 1 amide bonds.